The van der Waals surface area contributed by atoms with Crippen LogP contribution in [0.2, 0.25) is 0 Å². The number of carbonyl (C=O) groups is 1. The Kier molecular flexibility index (Phi) is 2.09. The van der Waals surface area contributed by atoms with Crippen LogP contribution in [-0.4, -0.2) is 16.8 Å². The highest BCUT2D eigenvalue weighted by Crippen LogP contribution is 2.28. The minimum Gasteiger partial charge on any atom is -0.366 e. The van der Waals surface area contributed by atoms with Crippen LogP contribution in [0.3, 0.4) is 0 Å². The van der Waals surface area contributed by atoms with Crippen molar-refractivity contribution in [2.45, 2.75) is 6.17 Å². The fourth-order valence-corrected chi connectivity index (χ4v) is 1.56. The van der Waals surface area contributed by atoms with Crippen molar-refractivity contribution in [1.82, 2.24) is 0 Å². The number of rotatable bonds is 1. The molecule has 0 radical (unpaired) electrons. The van der Waals surface area contributed by atoms with Crippen LogP contribution in [0.5, 0.6) is 0 Å². The molecule has 0 aromatic heterocycles. The summed E-state index contributed by atoms with van der Waals surface area (Å²) in [4.78, 5) is 22.7. The normalized spacial score (nSPS) is 19.4. The number of benzene rings is 1. The number of para-hydroxylation sites is 1. The predicted octanol–water partition coefficient (Wildman–Crippen LogP) is 0.264. The molecule has 1 amide bonds. The molecule has 1 aliphatic rings. The summed E-state index contributed by atoms with van der Waals surface area (Å²) in [5, 5.41) is 0. The maximum atomic E-state index is 11.7. The van der Waals surface area contributed by atoms with E-state index in [0.717, 1.165) is 0 Å². The Morgan fingerprint density at radius 3 is 2.67 bits per heavy atom. The highest BCUT2D eigenvalue weighted by atomic mass is 16.3. The van der Waals surface area contributed by atoms with Crippen molar-refractivity contribution in [3.8, 4) is 0 Å². The van der Waals surface area contributed by atoms with Crippen LogP contribution in [0.25, 0.3) is 6.08 Å². The zero-order valence-corrected chi connectivity index (χ0v) is 7.88. The summed E-state index contributed by atoms with van der Waals surface area (Å²) in [7, 11) is 0. The SMILES string of the molecule is NC(=O)C1=Cc2ccccc2[N+](=O)C1N. The highest BCUT2D eigenvalue weighted by molar-refractivity contribution is 5.98. The number of amides is 1. The fourth-order valence-electron chi connectivity index (χ4n) is 1.56. The Bertz CT molecular complexity index is 479. The molecule has 1 atom stereocenters. The van der Waals surface area contributed by atoms with Gasteiger partial charge in [-0.1, -0.05) is 12.1 Å². The van der Waals surface area contributed by atoms with E-state index in [4.69, 9.17) is 11.5 Å². The third-order valence-corrected chi connectivity index (χ3v) is 2.34. The molecule has 15 heavy (non-hydrogen) atoms. The van der Waals surface area contributed by atoms with Crippen molar-refractivity contribution in [2.75, 3.05) is 0 Å². The molecule has 1 heterocycles. The van der Waals surface area contributed by atoms with Gasteiger partial charge >= 0.3 is 0 Å². The van der Waals surface area contributed by atoms with E-state index in [1.807, 2.05) is 0 Å². The maximum absolute atomic E-state index is 11.7. The van der Waals surface area contributed by atoms with Crippen LogP contribution in [0, 0.1) is 4.91 Å². The minimum atomic E-state index is -1.02. The molecular formula is C10H10N3O2+. The van der Waals surface area contributed by atoms with Gasteiger partial charge in [-0.25, -0.2) is 0 Å². The number of hydrogen-bond donors (Lipinski definition) is 2. The first kappa shape index (κ1) is 9.54. The molecule has 0 fully saturated rings. The predicted molar refractivity (Wildman–Crippen MR) is 54.9 cm³/mol. The third-order valence-electron chi connectivity index (χ3n) is 2.34. The molecule has 0 bridgehead atoms. The summed E-state index contributed by atoms with van der Waals surface area (Å²) < 4.78 is 0.593. The van der Waals surface area contributed by atoms with Crippen LogP contribution in [-0.2, 0) is 4.79 Å². The van der Waals surface area contributed by atoms with Gasteiger partial charge in [0.15, 0.2) is 0 Å². The summed E-state index contributed by atoms with van der Waals surface area (Å²) in [6.45, 7) is 0. The van der Waals surface area contributed by atoms with Gasteiger partial charge < -0.3 is 5.73 Å². The molecule has 5 heteroatoms. The third kappa shape index (κ3) is 1.42. The van der Waals surface area contributed by atoms with Gasteiger partial charge in [0.1, 0.15) is 5.57 Å². The Labute approximate surface area is 85.9 Å². The molecule has 2 rings (SSSR count). The molecule has 1 aromatic rings. The number of nitrogens with zero attached hydrogens (tertiary/aromatic N) is 1. The highest BCUT2D eigenvalue weighted by Gasteiger charge is 2.36. The largest absolute Gasteiger partial charge is 0.366 e. The molecule has 76 valence electrons. The number of hydrogen-bond acceptors (Lipinski definition) is 3. The number of nitrogens with two attached hydrogens (primary N) is 2. The van der Waals surface area contributed by atoms with E-state index >= 15 is 0 Å². The number of fused-ring (bicyclic) bond motifs is 1. The molecule has 1 aliphatic heterocycles. The van der Waals surface area contributed by atoms with E-state index in [9.17, 15) is 9.70 Å². The lowest BCUT2D eigenvalue weighted by atomic mass is 10.0. The van der Waals surface area contributed by atoms with Crippen LogP contribution < -0.4 is 11.5 Å². The first-order chi connectivity index (χ1) is 7.11. The van der Waals surface area contributed by atoms with Crippen LogP contribution in [0.15, 0.2) is 29.8 Å². The molecule has 0 spiro atoms. The molecular weight excluding hydrogens is 194 g/mol. The zero-order chi connectivity index (χ0) is 11.0. The van der Waals surface area contributed by atoms with Crippen LogP contribution in [0.1, 0.15) is 5.56 Å². The molecule has 4 N–H and O–H groups in total. The van der Waals surface area contributed by atoms with E-state index in [-0.39, 0.29) is 5.57 Å². The first-order valence-corrected chi connectivity index (χ1v) is 4.43. The summed E-state index contributed by atoms with van der Waals surface area (Å²) in [5.74, 6) is -0.669. The lowest BCUT2D eigenvalue weighted by Crippen LogP contribution is -2.39. The van der Waals surface area contributed by atoms with E-state index in [2.05, 4.69) is 0 Å². The van der Waals surface area contributed by atoms with Crippen molar-refractivity contribution < 1.29 is 9.55 Å². The van der Waals surface area contributed by atoms with Gasteiger partial charge in [0.05, 0.1) is 10.3 Å². The van der Waals surface area contributed by atoms with Gasteiger partial charge in [-0.2, -0.15) is 0 Å². The van der Waals surface area contributed by atoms with Gasteiger partial charge in [0.25, 0.3) is 17.8 Å². The van der Waals surface area contributed by atoms with Gasteiger partial charge in [-0.15, -0.1) is 0 Å². The number of primary amides is 1. The van der Waals surface area contributed by atoms with Crippen molar-refractivity contribution in [3.63, 3.8) is 0 Å². The Balaban J connectivity index is 2.62. The molecule has 1 aromatic carbocycles. The second-order valence-electron chi connectivity index (χ2n) is 3.29. The van der Waals surface area contributed by atoms with Gasteiger partial charge in [0.2, 0.25) is 0 Å². The smallest absolute Gasteiger partial charge is 0.290 e. The standard InChI is InChI=1S/C10H9N3O2/c11-9-7(10(12)14)5-6-3-1-2-4-8(6)13(9)15/h1-5,9H,11H2,(H-,12,14)/p+1. The summed E-state index contributed by atoms with van der Waals surface area (Å²) in [6, 6.07) is 6.89. The Hall–Kier alpha value is -2.01. The summed E-state index contributed by atoms with van der Waals surface area (Å²) in [6.07, 6.45) is 0.536. The number of nitroso groups, excluding NO2 is 1. The molecule has 0 saturated carbocycles. The topological polar surface area (TPSA) is 89.2 Å². The van der Waals surface area contributed by atoms with Crippen LogP contribution >= 0.6 is 0 Å². The second kappa shape index (κ2) is 3.29. The van der Waals surface area contributed by atoms with Crippen LogP contribution in [0.4, 0.5) is 5.69 Å². The molecule has 5 nitrogen and oxygen atoms in total. The van der Waals surface area contributed by atoms with E-state index in [0.29, 0.717) is 16.0 Å². The van der Waals surface area contributed by atoms with Crippen molar-refractivity contribution in [2.24, 2.45) is 11.5 Å². The summed E-state index contributed by atoms with van der Waals surface area (Å²) in [5.41, 5.74) is 11.9. The lowest BCUT2D eigenvalue weighted by Gasteiger charge is -2.12. The van der Waals surface area contributed by atoms with Crippen molar-refractivity contribution >= 4 is 17.7 Å². The van der Waals surface area contributed by atoms with Gasteiger partial charge in [0, 0.05) is 11.0 Å². The van der Waals surface area contributed by atoms with Gasteiger partial charge in [-0.3, -0.25) is 10.5 Å². The summed E-state index contributed by atoms with van der Waals surface area (Å²) >= 11 is 0. The first-order valence-electron chi connectivity index (χ1n) is 4.43. The van der Waals surface area contributed by atoms with E-state index in [1.54, 1.807) is 30.3 Å². The quantitative estimate of drug-likeness (QED) is 0.643. The monoisotopic (exact) mass is 204 g/mol. The lowest BCUT2D eigenvalue weighted by molar-refractivity contribution is -0.495. The number of carbonyl (C=O) groups excluding carboxylic acids is 1. The average molecular weight is 204 g/mol. The Morgan fingerprint density at radius 2 is 2.00 bits per heavy atom. The van der Waals surface area contributed by atoms with E-state index in [1.165, 1.54) is 0 Å². The van der Waals surface area contributed by atoms with E-state index < -0.39 is 12.1 Å². The average Bonchev–Trinajstić information content (AvgIpc) is 2.23. The molecule has 1 unspecified atom stereocenters. The molecule has 0 saturated heterocycles. The second-order valence-corrected chi connectivity index (χ2v) is 3.29. The van der Waals surface area contributed by atoms with Gasteiger partial charge in [-0.05, 0) is 12.1 Å². The Morgan fingerprint density at radius 1 is 1.33 bits per heavy atom. The fraction of sp³-hybridized carbons (Fsp3) is 0.100. The zero-order valence-electron chi connectivity index (χ0n) is 7.88. The molecule has 0 aliphatic carbocycles. The van der Waals surface area contributed by atoms with Crippen molar-refractivity contribution in [1.29, 1.82) is 0 Å². The maximum Gasteiger partial charge on any atom is 0.290 e. The van der Waals surface area contributed by atoms with Crippen molar-refractivity contribution in [3.05, 3.63) is 40.3 Å². The minimum absolute atomic E-state index is 0.128.